The van der Waals surface area contributed by atoms with Gasteiger partial charge in [-0.05, 0) is 18.6 Å². The smallest absolute Gasteiger partial charge is 0.328 e. The van der Waals surface area contributed by atoms with Gasteiger partial charge in [0.2, 0.25) is 5.88 Å². The molecule has 0 spiro atoms. The highest BCUT2D eigenvalue weighted by atomic mass is 16.5. The highest BCUT2D eigenvalue weighted by molar-refractivity contribution is 5.84. The Morgan fingerprint density at radius 1 is 1.26 bits per heavy atom. The highest BCUT2D eigenvalue weighted by Gasteiger charge is 2.29. The lowest BCUT2D eigenvalue weighted by Gasteiger charge is -2.20. The van der Waals surface area contributed by atoms with E-state index in [9.17, 15) is 4.79 Å². The fourth-order valence-corrected chi connectivity index (χ4v) is 2.80. The van der Waals surface area contributed by atoms with Crippen molar-refractivity contribution in [2.24, 2.45) is 0 Å². The maximum Gasteiger partial charge on any atom is 0.328 e. The monoisotopic (exact) mass is 369 g/mol. The lowest BCUT2D eigenvalue weighted by atomic mass is 10.1. The SMILES string of the molecule is CCOc1cc(OCc2ccccc2)c(C2=CC(C(=O)OC)NN2C)cn1. The fourth-order valence-electron chi connectivity index (χ4n) is 2.80. The van der Waals surface area contributed by atoms with Gasteiger partial charge >= 0.3 is 5.97 Å². The Morgan fingerprint density at radius 3 is 2.74 bits per heavy atom. The Bertz CT molecular complexity index is 823. The summed E-state index contributed by atoms with van der Waals surface area (Å²) in [7, 11) is 3.19. The molecule has 1 aliphatic rings. The van der Waals surface area contributed by atoms with Crippen molar-refractivity contribution in [1.82, 2.24) is 15.4 Å². The molecule has 0 bridgehead atoms. The summed E-state index contributed by atoms with van der Waals surface area (Å²) < 4.78 is 16.4. The van der Waals surface area contributed by atoms with Crippen LogP contribution < -0.4 is 14.9 Å². The van der Waals surface area contributed by atoms with Gasteiger partial charge in [0.05, 0.1) is 25.0 Å². The number of hydrogen-bond acceptors (Lipinski definition) is 7. The Balaban J connectivity index is 1.90. The number of esters is 1. The first-order valence-corrected chi connectivity index (χ1v) is 8.72. The van der Waals surface area contributed by atoms with Crippen LogP contribution in [0.4, 0.5) is 0 Å². The van der Waals surface area contributed by atoms with Crippen molar-refractivity contribution in [1.29, 1.82) is 0 Å². The number of aromatic nitrogens is 1. The third-order valence-electron chi connectivity index (χ3n) is 4.12. The molecule has 0 amide bonds. The molecule has 2 aromatic rings. The van der Waals surface area contributed by atoms with E-state index in [2.05, 4.69) is 10.4 Å². The van der Waals surface area contributed by atoms with Gasteiger partial charge in [-0.25, -0.2) is 15.2 Å². The van der Waals surface area contributed by atoms with E-state index in [1.54, 1.807) is 23.3 Å². The second-order valence-corrected chi connectivity index (χ2v) is 5.97. The molecule has 0 aliphatic carbocycles. The van der Waals surface area contributed by atoms with Crippen LogP contribution in [0.25, 0.3) is 5.70 Å². The van der Waals surface area contributed by atoms with E-state index in [1.165, 1.54) is 7.11 Å². The van der Waals surface area contributed by atoms with Crippen LogP contribution in [0.2, 0.25) is 0 Å². The summed E-state index contributed by atoms with van der Waals surface area (Å²) in [6, 6.07) is 11.1. The molecule has 142 valence electrons. The Hall–Kier alpha value is -3.06. The van der Waals surface area contributed by atoms with Crippen molar-refractivity contribution < 1.29 is 19.0 Å². The largest absolute Gasteiger partial charge is 0.488 e. The molecule has 0 saturated heterocycles. The van der Waals surface area contributed by atoms with Gasteiger partial charge in [0.1, 0.15) is 18.4 Å². The van der Waals surface area contributed by atoms with Crippen molar-refractivity contribution in [3.8, 4) is 11.6 Å². The second kappa shape index (κ2) is 8.55. The summed E-state index contributed by atoms with van der Waals surface area (Å²) in [5.74, 6) is 0.758. The normalized spacial score (nSPS) is 16.0. The zero-order chi connectivity index (χ0) is 19.2. The molecule has 2 heterocycles. The molecule has 1 atom stereocenters. The van der Waals surface area contributed by atoms with Crippen molar-refractivity contribution in [2.45, 2.75) is 19.6 Å². The first-order chi connectivity index (χ1) is 13.1. The summed E-state index contributed by atoms with van der Waals surface area (Å²) in [5, 5.41) is 1.76. The minimum absolute atomic E-state index is 0.359. The van der Waals surface area contributed by atoms with Crippen LogP contribution in [-0.2, 0) is 16.1 Å². The number of hydrogen-bond donors (Lipinski definition) is 1. The van der Waals surface area contributed by atoms with Gasteiger partial charge in [-0.3, -0.25) is 0 Å². The number of nitrogens with one attached hydrogen (secondary N) is 1. The van der Waals surface area contributed by atoms with E-state index in [4.69, 9.17) is 14.2 Å². The first-order valence-electron chi connectivity index (χ1n) is 8.72. The predicted molar refractivity (Wildman–Crippen MR) is 101 cm³/mol. The average molecular weight is 369 g/mol. The van der Waals surface area contributed by atoms with Crippen LogP contribution in [0, 0.1) is 0 Å². The number of methoxy groups -OCH3 is 1. The van der Waals surface area contributed by atoms with Gasteiger partial charge in [-0.2, -0.15) is 0 Å². The second-order valence-electron chi connectivity index (χ2n) is 5.97. The van der Waals surface area contributed by atoms with Crippen molar-refractivity contribution in [2.75, 3.05) is 20.8 Å². The van der Waals surface area contributed by atoms with Crippen LogP contribution in [-0.4, -0.2) is 42.8 Å². The van der Waals surface area contributed by atoms with Gasteiger partial charge in [-0.15, -0.1) is 0 Å². The van der Waals surface area contributed by atoms with Crippen molar-refractivity contribution in [3.05, 3.63) is 59.8 Å². The average Bonchev–Trinajstić information content (AvgIpc) is 3.08. The minimum atomic E-state index is -0.552. The molecule has 1 aromatic carbocycles. The fraction of sp³-hybridized carbons (Fsp3) is 0.300. The topological polar surface area (TPSA) is 72.9 Å². The van der Waals surface area contributed by atoms with Crippen molar-refractivity contribution >= 4 is 11.7 Å². The first kappa shape index (κ1) is 18.7. The van der Waals surface area contributed by atoms with Crippen LogP contribution in [0.15, 0.2) is 48.7 Å². The van der Waals surface area contributed by atoms with Crippen LogP contribution in [0.5, 0.6) is 11.6 Å². The molecule has 1 aliphatic heterocycles. The number of hydrazine groups is 1. The molecule has 0 radical (unpaired) electrons. The molecule has 7 heteroatoms. The van der Waals surface area contributed by atoms with Crippen LogP contribution >= 0.6 is 0 Å². The van der Waals surface area contributed by atoms with Crippen molar-refractivity contribution in [3.63, 3.8) is 0 Å². The standard InChI is InChI=1S/C20H23N3O4/c1-4-26-19-11-18(27-13-14-8-6-5-7-9-14)15(12-21-19)17-10-16(20(24)25-3)22-23(17)2/h5-12,16,22H,4,13H2,1-3H3. The molecule has 3 rings (SSSR count). The highest BCUT2D eigenvalue weighted by Crippen LogP contribution is 2.32. The molecule has 1 unspecified atom stereocenters. The zero-order valence-electron chi connectivity index (χ0n) is 15.6. The third-order valence-corrected chi connectivity index (χ3v) is 4.12. The summed E-state index contributed by atoms with van der Waals surface area (Å²) in [6.07, 6.45) is 3.48. The summed E-state index contributed by atoms with van der Waals surface area (Å²) in [5.41, 5.74) is 5.64. The van der Waals surface area contributed by atoms with E-state index < -0.39 is 6.04 Å². The number of carbonyl (C=O) groups excluding carboxylic acids is 1. The molecule has 0 fully saturated rings. The number of nitrogens with zero attached hydrogens (tertiary/aromatic N) is 2. The molecular weight excluding hydrogens is 346 g/mol. The molecule has 0 saturated carbocycles. The molecule has 1 N–H and O–H groups in total. The van der Waals surface area contributed by atoms with Crippen LogP contribution in [0.3, 0.4) is 0 Å². The third kappa shape index (κ3) is 4.38. The number of pyridine rings is 1. The zero-order valence-corrected chi connectivity index (χ0v) is 15.6. The van der Waals surface area contributed by atoms with Crippen LogP contribution in [0.1, 0.15) is 18.1 Å². The van der Waals surface area contributed by atoms with Gasteiger partial charge in [0.15, 0.2) is 0 Å². The van der Waals surface area contributed by atoms with E-state index >= 15 is 0 Å². The van der Waals surface area contributed by atoms with E-state index in [1.807, 2.05) is 44.3 Å². The van der Waals surface area contributed by atoms with Gasteiger partial charge in [0, 0.05) is 19.3 Å². The molecule has 7 nitrogen and oxygen atoms in total. The Kier molecular flexibility index (Phi) is 5.93. The predicted octanol–water partition coefficient (Wildman–Crippen LogP) is 2.39. The van der Waals surface area contributed by atoms with Gasteiger partial charge in [0.25, 0.3) is 0 Å². The van der Waals surface area contributed by atoms with Gasteiger partial charge in [-0.1, -0.05) is 30.3 Å². The maximum absolute atomic E-state index is 11.8. The number of ether oxygens (including phenoxy) is 3. The summed E-state index contributed by atoms with van der Waals surface area (Å²) >= 11 is 0. The number of benzene rings is 1. The molecule has 1 aromatic heterocycles. The maximum atomic E-state index is 11.8. The molecule has 27 heavy (non-hydrogen) atoms. The van der Waals surface area contributed by atoms with E-state index in [-0.39, 0.29) is 5.97 Å². The summed E-state index contributed by atoms with van der Waals surface area (Å²) in [6.45, 7) is 2.82. The quantitative estimate of drug-likeness (QED) is 0.751. The lowest BCUT2D eigenvalue weighted by Crippen LogP contribution is -2.39. The van der Waals surface area contributed by atoms with Gasteiger partial charge < -0.3 is 19.2 Å². The molecular formula is C20H23N3O4. The Labute approximate surface area is 158 Å². The minimum Gasteiger partial charge on any atom is -0.488 e. The van der Waals surface area contributed by atoms with E-state index in [0.29, 0.717) is 24.8 Å². The number of rotatable bonds is 7. The van der Waals surface area contributed by atoms with E-state index in [0.717, 1.165) is 16.8 Å². The number of carbonyl (C=O) groups is 1. The lowest BCUT2D eigenvalue weighted by molar-refractivity contribution is -0.142. The summed E-state index contributed by atoms with van der Waals surface area (Å²) in [4.78, 5) is 16.2. The Morgan fingerprint density at radius 2 is 2.04 bits per heavy atom.